The van der Waals surface area contributed by atoms with Crippen molar-refractivity contribution in [1.29, 1.82) is 0 Å². The van der Waals surface area contributed by atoms with Gasteiger partial charge < -0.3 is 0 Å². The highest BCUT2D eigenvalue weighted by molar-refractivity contribution is 5.79. The monoisotopic (exact) mass is 267 g/mol. The van der Waals surface area contributed by atoms with Gasteiger partial charge in [-0.05, 0) is 42.4 Å². The molecule has 0 bridgehead atoms. The highest BCUT2D eigenvalue weighted by atomic mass is 15.4. The molecule has 2 aromatic rings. The van der Waals surface area contributed by atoms with Crippen molar-refractivity contribution in [2.24, 2.45) is 17.8 Å². The summed E-state index contributed by atoms with van der Waals surface area (Å²) in [6.45, 7) is 6.85. The number of benzene rings is 1. The van der Waals surface area contributed by atoms with E-state index in [4.69, 9.17) is 0 Å². The molecule has 0 aliphatic heterocycles. The van der Waals surface area contributed by atoms with Gasteiger partial charge in [0, 0.05) is 0 Å². The fourth-order valence-corrected chi connectivity index (χ4v) is 2.85. The maximum absolute atomic E-state index is 4.30. The first kappa shape index (κ1) is 13.1. The van der Waals surface area contributed by atoms with Gasteiger partial charge in [0.15, 0.2) is 0 Å². The second-order valence-electron chi connectivity index (χ2n) is 6.09. The summed E-state index contributed by atoms with van der Waals surface area (Å²) in [4.78, 5) is 0. The molecule has 1 aliphatic rings. The van der Waals surface area contributed by atoms with Crippen LogP contribution in [0.4, 0.5) is 0 Å². The van der Waals surface area contributed by atoms with Crippen LogP contribution in [0.1, 0.15) is 27.2 Å². The number of nitrogens with zero attached hydrogens (tertiary/aromatic N) is 3. The molecular formula is C17H21N3. The second kappa shape index (κ2) is 5.23. The summed E-state index contributed by atoms with van der Waals surface area (Å²) in [6.07, 6.45) is 8.02. The molecule has 0 amide bonds. The zero-order valence-corrected chi connectivity index (χ0v) is 12.3. The van der Waals surface area contributed by atoms with E-state index in [0.29, 0.717) is 17.8 Å². The van der Waals surface area contributed by atoms with Crippen LogP contribution in [-0.2, 0) is 0 Å². The minimum atomic E-state index is 0.581. The SMILES string of the molecule is CC(C)CC1C=C(n2nnc3ccccc32)C=CC1C. The van der Waals surface area contributed by atoms with E-state index in [1.807, 2.05) is 22.9 Å². The molecule has 0 fully saturated rings. The van der Waals surface area contributed by atoms with Crippen LogP contribution >= 0.6 is 0 Å². The highest BCUT2D eigenvalue weighted by Crippen LogP contribution is 2.30. The minimum absolute atomic E-state index is 0.581. The lowest BCUT2D eigenvalue weighted by Gasteiger charge is -2.24. The van der Waals surface area contributed by atoms with Gasteiger partial charge >= 0.3 is 0 Å². The van der Waals surface area contributed by atoms with E-state index < -0.39 is 0 Å². The topological polar surface area (TPSA) is 30.7 Å². The van der Waals surface area contributed by atoms with E-state index in [2.05, 4.69) is 55.4 Å². The Morgan fingerprint density at radius 1 is 1.25 bits per heavy atom. The zero-order valence-electron chi connectivity index (χ0n) is 12.3. The van der Waals surface area contributed by atoms with Gasteiger partial charge in [-0.1, -0.05) is 50.3 Å². The van der Waals surface area contributed by atoms with E-state index in [-0.39, 0.29) is 0 Å². The predicted octanol–water partition coefficient (Wildman–Crippen LogP) is 4.14. The lowest BCUT2D eigenvalue weighted by atomic mass is 9.83. The molecule has 2 unspecified atom stereocenters. The first-order valence-corrected chi connectivity index (χ1v) is 7.36. The number of fused-ring (bicyclic) bond motifs is 1. The average molecular weight is 267 g/mol. The molecule has 3 nitrogen and oxygen atoms in total. The predicted molar refractivity (Wildman–Crippen MR) is 83.1 cm³/mol. The van der Waals surface area contributed by atoms with Gasteiger partial charge in [-0.25, -0.2) is 4.68 Å². The summed E-state index contributed by atoms with van der Waals surface area (Å²) in [5.74, 6) is 1.88. The zero-order chi connectivity index (χ0) is 14.1. The van der Waals surface area contributed by atoms with Crippen LogP contribution in [0.25, 0.3) is 16.7 Å². The Bertz CT molecular complexity index is 664. The number of hydrogen-bond acceptors (Lipinski definition) is 2. The molecule has 0 radical (unpaired) electrons. The maximum Gasteiger partial charge on any atom is 0.113 e. The molecule has 1 aromatic heterocycles. The van der Waals surface area contributed by atoms with E-state index in [1.54, 1.807) is 0 Å². The Balaban J connectivity index is 1.99. The van der Waals surface area contributed by atoms with Gasteiger partial charge in [0.25, 0.3) is 0 Å². The van der Waals surface area contributed by atoms with Crippen LogP contribution in [0.15, 0.2) is 42.5 Å². The second-order valence-corrected chi connectivity index (χ2v) is 6.09. The average Bonchev–Trinajstić information content (AvgIpc) is 2.85. The summed E-state index contributed by atoms with van der Waals surface area (Å²) >= 11 is 0. The Morgan fingerprint density at radius 3 is 2.85 bits per heavy atom. The van der Waals surface area contributed by atoms with Crippen LogP contribution in [0.2, 0.25) is 0 Å². The molecule has 1 heterocycles. The summed E-state index contributed by atoms with van der Waals surface area (Å²) in [7, 11) is 0. The molecule has 0 N–H and O–H groups in total. The Morgan fingerprint density at radius 2 is 2.05 bits per heavy atom. The molecule has 20 heavy (non-hydrogen) atoms. The number of hydrogen-bond donors (Lipinski definition) is 0. The van der Waals surface area contributed by atoms with Crippen molar-refractivity contribution in [3.05, 3.63) is 42.5 Å². The van der Waals surface area contributed by atoms with Crippen molar-refractivity contribution >= 4 is 16.7 Å². The summed E-state index contributed by atoms with van der Waals surface area (Å²) < 4.78 is 1.95. The lowest BCUT2D eigenvalue weighted by Crippen LogP contribution is -2.15. The van der Waals surface area contributed by atoms with Crippen molar-refractivity contribution in [3.63, 3.8) is 0 Å². The van der Waals surface area contributed by atoms with Crippen LogP contribution < -0.4 is 0 Å². The summed E-state index contributed by atoms with van der Waals surface area (Å²) in [5, 5.41) is 8.54. The third kappa shape index (κ3) is 2.40. The Kier molecular flexibility index (Phi) is 3.43. The van der Waals surface area contributed by atoms with Gasteiger partial charge in [0.2, 0.25) is 0 Å². The Labute approximate surface area is 120 Å². The molecule has 1 aromatic carbocycles. The molecule has 3 heteroatoms. The van der Waals surface area contributed by atoms with Gasteiger partial charge in [-0.2, -0.15) is 0 Å². The van der Waals surface area contributed by atoms with E-state index in [1.165, 1.54) is 6.42 Å². The van der Waals surface area contributed by atoms with Crippen LogP contribution in [-0.4, -0.2) is 15.0 Å². The third-order valence-electron chi connectivity index (χ3n) is 3.97. The van der Waals surface area contributed by atoms with Crippen molar-refractivity contribution in [1.82, 2.24) is 15.0 Å². The normalized spacial score (nSPS) is 22.5. The van der Waals surface area contributed by atoms with Crippen molar-refractivity contribution < 1.29 is 0 Å². The van der Waals surface area contributed by atoms with Gasteiger partial charge in [0.05, 0.1) is 11.2 Å². The smallest absolute Gasteiger partial charge is 0.113 e. The Hall–Kier alpha value is -1.90. The van der Waals surface area contributed by atoms with Crippen molar-refractivity contribution in [2.75, 3.05) is 0 Å². The lowest BCUT2D eigenvalue weighted by molar-refractivity contribution is 0.404. The number of aromatic nitrogens is 3. The number of allylic oxidation sites excluding steroid dienone is 4. The van der Waals surface area contributed by atoms with E-state index >= 15 is 0 Å². The summed E-state index contributed by atoms with van der Waals surface area (Å²) in [5.41, 5.74) is 3.16. The van der Waals surface area contributed by atoms with Crippen LogP contribution in [0.3, 0.4) is 0 Å². The number of para-hydroxylation sites is 1. The fraction of sp³-hybridized carbons (Fsp3) is 0.412. The quantitative estimate of drug-likeness (QED) is 0.836. The van der Waals surface area contributed by atoms with E-state index in [0.717, 1.165) is 16.7 Å². The molecule has 0 spiro atoms. The molecule has 0 saturated carbocycles. The molecule has 0 saturated heterocycles. The van der Waals surface area contributed by atoms with Crippen LogP contribution in [0.5, 0.6) is 0 Å². The maximum atomic E-state index is 4.30. The van der Waals surface area contributed by atoms with Gasteiger partial charge in [-0.15, -0.1) is 5.10 Å². The van der Waals surface area contributed by atoms with Crippen molar-refractivity contribution in [2.45, 2.75) is 27.2 Å². The molecular weight excluding hydrogens is 246 g/mol. The van der Waals surface area contributed by atoms with Crippen molar-refractivity contribution in [3.8, 4) is 0 Å². The van der Waals surface area contributed by atoms with E-state index in [9.17, 15) is 0 Å². The standard InChI is InChI=1S/C17H21N3/c1-12(2)10-14-11-15(9-8-13(14)3)20-17-7-5-4-6-16(17)18-19-20/h4-9,11-14H,10H2,1-3H3. The van der Waals surface area contributed by atoms with Gasteiger partial charge in [0.1, 0.15) is 5.52 Å². The fourth-order valence-electron chi connectivity index (χ4n) is 2.85. The largest absolute Gasteiger partial charge is 0.213 e. The summed E-state index contributed by atoms with van der Waals surface area (Å²) in [6, 6.07) is 8.10. The highest BCUT2D eigenvalue weighted by Gasteiger charge is 2.20. The molecule has 104 valence electrons. The first-order valence-electron chi connectivity index (χ1n) is 7.36. The molecule has 1 aliphatic carbocycles. The first-order chi connectivity index (χ1) is 9.65. The molecule has 3 rings (SSSR count). The third-order valence-corrected chi connectivity index (χ3v) is 3.97. The number of rotatable bonds is 3. The van der Waals surface area contributed by atoms with Crippen LogP contribution in [0, 0.1) is 17.8 Å². The van der Waals surface area contributed by atoms with Gasteiger partial charge in [-0.3, -0.25) is 0 Å². The molecule has 2 atom stereocenters. The minimum Gasteiger partial charge on any atom is -0.213 e.